The summed E-state index contributed by atoms with van der Waals surface area (Å²) in [6.07, 6.45) is -7.40. The van der Waals surface area contributed by atoms with Crippen molar-refractivity contribution >= 4 is 5.97 Å². The SMILES string of the molecule is COc1ccc(C(=O)OCc2ccc(O[C@@H]3O[C@H](CO)[C@@H](O)[C@H](O)[C@H]3O)c(O)c2)cc1O. The van der Waals surface area contributed by atoms with Crippen LogP contribution >= 0.6 is 0 Å². The van der Waals surface area contributed by atoms with Crippen LogP contribution in [0, 0.1) is 0 Å². The Hall–Kier alpha value is -3.09. The Morgan fingerprint density at radius 1 is 0.969 bits per heavy atom. The fourth-order valence-electron chi connectivity index (χ4n) is 3.09. The van der Waals surface area contributed by atoms with Gasteiger partial charge in [-0.1, -0.05) is 6.07 Å². The van der Waals surface area contributed by atoms with Gasteiger partial charge in [0.05, 0.1) is 19.3 Å². The zero-order chi connectivity index (χ0) is 23.4. The molecule has 1 aliphatic rings. The lowest BCUT2D eigenvalue weighted by Crippen LogP contribution is -2.60. The molecule has 2 aromatic carbocycles. The van der Waals surface area contributed by atoms with Crippen molar-refractivity contribution in [2.24, 2.45) is 0 Å². The summed E-state index contributed by atoms with van der Waals surface area (Å²) in [5, 5.41) is 58.8. The van der Waals surface area contributed by atoms with Gasteiger partial charge in [-0.05, 0) is 35.9 Å². The molecule has 0 unspecified atom stereocenters. The molecule has 0 aliphatic carbocycles. The van der Waals surface area contributed by atoms with E-state index in [-0.39, 0.29) is 35.2 Å². The van der Waals surface area contributed by atoms with Gasteiger partial charge in [-0.15, -0.1) is 0 Å². The number of ether oxygens (including phenoxy) is 4. The van der Waals surface area contributed by atoms with E-state index in [1.54, 1.807) is 0 Å². The second kappa shape index (κ2) is 10.0. The quantitative estimate of drug-likeness (QED) is 0.303. The van der Waals surface area contributed by atoms with Crippen LogP contribution in [0.4, 0.5) is 0 Å². The van der Waals surface area contributed by atoms with E-state index >= 15 is 0 Å². The summed E-state index contributed by atoms with van der Waals surface area (Å²) in [4.78, 5) is 12.2. The molecule has 6 N–H and O–H groups in total. The number of benzene rings is 2. The Balaban J connectivity index is 1.62. The van der Waals surface area contributed by atoms with Gasteiger partial charge >= 0.3 is 5.97 Å². The first-order valence-electron chi connectivity index (χ1n) is 9.58. The predicted molar refractivity (Wildman–Crippen MR) is 106 cm³/mol. The molecule has 174 valence electrons. The summed E-state index contributed by atoms with van der Waals surface area (Å²) < 4.78 is 20.7. The first-order valence-corrected chi connectivity index (χ1v) is 9.58. The van der Waals surface area contributed by atoms with Crippen molar-refractivity contribution < 1.29 is 54.4 Å². The first kappa shape index (κ1) is 23.6. The Morgan fingerprint density at radius 2 is 1.66 bits per heavy atom. The Morgan fingerprint density at radius 3 is 2.28 bits per heavy atom. The highest BCUT2D eigenvalue weighted by Crippen LogP contribution is 2.31. The van der Waals surface area contributed by atoms with E-state index in [1.807, 2.05) is 0 Å². The first-order chi connectivity index (χ1) is 15.2. The molecule has 3 rings (SSSR count). The van der Waals surface area contributed by atoms with Crippen LogP contribution in [0.5, 0.6) is 23.0 Å². The van der Waals surface area contributed by atoms with Gasteiger partial charge in [-0.25, -0.2) is 4.79 Å². The van der Waals surface area contributed by atoms with Crippen LogP contribution in [0.15, 0.2) is 36.4 Å². The number of aromatic hydroxyl groups is 2. The summed E-state index contributed by atoms with van der Waals surface area (Å²) in [6, 6.07) is 8.13. The van der Waals surface area contributed by atoms with Crippen LogP contribution in [0.3, 0.4) is 0 Å². The Labute approximate surface area is 182 Å². The molecule has 32 heavy (non-hydrogen) atoms. The number of hydrogen-bond acceptors (Lipinski definition) is 11. The molecular weight excluding hydrogens is 428 g/mol. The van der Waals surface area contributed by atoms with Crippen molar-refractivity contribution in [3.63, 3.8) is 0 Å². The molecule has 1 heterocycles. The van der Waals surface area contributed by atoms with Crippen LogP contribution in [-0.2, 0) is 16.1 Å². The molecule has 1 aliphatic heterocycles. The van der Waals surface area contributed by atoms with Crippen LogP contribution in [0.25, 0.3) is 0 Å². The van der Waals surface area contributed by atoms with Gasteiger partial charge in [0.1, 0.15) is 31.0 Å². The van der Waals surface area contributed by atoms with E-state index in [1.165, 1.54) is 43.5 Å². The monoisotopic (exact) mass is 452 g/mol. The van der Waals surface area contributed by atoms with Crippen molar-refractivity contribution in [2.75, 3.05) is 13.7 Å². The number of esters is 1. The molecule has 1 saturated heterocycles. The van der Waals surface area contributed by atoms with Crippen LogP contribution < -0.4 is 9.47 Å². The van der Waals surface area contributed by atoms with Gasteiger partial charge in [0.15, 0.2) is 23.0 Å². The Kier molecular flexibility index (Phi) is 7.38. The molecule has 11 nitrogen and oxygen atoms in total. The second-order valence-electron chi connectivity index (χ2n) is 7.08. The summed E-state index contributed by atoms with van der Waals surface area (Å²) in [6.45, 7) is -0.813. The third-order valence-corrected chi connectivity index (χ3v) is 4.90. The minimum Gasteiger partial charge on any atom is -0.504 e. The fourth-order valence-corrected chi connectivity index (χ4v) is 3.09. The predicted octanol–water partition coefficient (Wildman–Crippen LogP) is -0.358. The lowest BCUT2D eigenvalue weighted by atomic mass is 9.99. The molecule has 5 atom stereocenters. The molecule has 0 radical (unpaired) electrons. The Bertz CT molecular complexity index is 945. The number of aliphatic hydroxyl groups excluding tert-OH is 4. The molecule has 1 fully saturated rings. The van der Waals surface area contributed by atoms with Gasteiger partial charge in [-0.2, -0.15) is 0 Å². The van der Waals surface area contributed by atoms with Crippen molar-refractivity contribution in [2.45, 2.75) is 37.3 Å². The highest BCUT2D eigenvalue weighted by atomic mass is 16.7. The number of carbonyl (C=O) groups is 1. The van der Waals surface area contributed by atoms with Crippen LogP contribution in [-0.4, -0.2) is 81.0 Å². The normalized spacial score (nSPS) is 25.2. The number of phenolic OH excluding ortho intramolecular Hbond substituents is 2. The van der Waals surface area contributed by atoms with Gasteiger partial charge < -0.3 is 49.6 Å². The van der Waals surface area contributed by atoms with Gasteiger partial charge in [0, 0.05) is 0 Å². The smallest absolute Gasteiger partial charge is 0.338 e. The molecule has 0 aromatic heterocycles. The molecule has 11 heteroatoms. The summed E-state index contributed by atoms with van der Waals surface area (Å²) in [5.41, 5.74) is 0.518. The summed E-state index contributed by atoms with van der Waals surface area (Å²) in [5.74, 6) is -1.18. The zero-order valence-electron chi connectivity index (χ0n) is 17.0. The van der Waals surface area contributed by atoms with Crippen LogP contribution in [0.2, 0.25) is 0 Å². The molecule has 0 amide bonds. The standard InChI is InChI=1S/C21H24O11/c1-29-14-5-3-11(7-13(14)24)20(28)30-9-10-2-4-15(12(23)6-10)31-21-19(27)18(26)17(25)16(8-22)32-21/h2-7,16-19,21-27H,8-9H2,1H3/t16-,17-,18+,19-,21-/m1/s1. The minimum atomic E-state index is -1.63. The third kappa shape index (κ3) is 5.03. The number of methoxy groups -OCH3 is 1. The van der Waals surface area contributed by atoms with E-state index in [0.29, 0.717) is 5.56 Å². The average molecular weight is 452 g/mol. The lowest BCUT2D eigenvalue weighted by Gasteiger charge is -2.39. The number of phenols is 2. The van der Waals surface area contributed by atoms with Gasteiger partial charge in [-0.3, -0.25) is 0 Å². The van der Waals surface area contributed by atoms with E-state index in [4.69, 9.17) is 18.9 Å². The molecule has 0 spiro atoms. The number of carbonyl (C=O) groups excluding carboxylic acids is 1. The van der Waals surface area contributed by atoms with E-state index in [2.05, 4.69) is 0 Å². The zero-order valence-corrected chi connectivity index (χ0v) is 17.0. The van der Waals surface area contributed by atoms with Crippen molar-refractivity contribution in [1.29, 1.82) is 0 Å². The van der Waals surface area contributed by atoms with Gasteiger partial charge in [0.25, 0.3) is 0 Å². The van der Waals surface area contributed by atoms with E-state index < -0.39 is 43.3 Å². The lowest BCUT2D eigenvalue weighted by molar-refractivity contribution is -0.277. The largest absolute Gasteiger partial charge is 0.504 e. The summed E-state index contributed by atoms with van der Waals surface area (Å²) >= 11 is 0. The molecular formula is C21H24O11. The van der Waals surface area contributed by atoms with Gasteiger partial charge in [0.2, 0.25) is 6.29 Å². The van der Waals surface area contributed by atoms with Crippen molar-refractivity contribution in [1.82, 2.24) is 0 Å². The maximum Gasteiger partial charge on any atom is 0.338 e. The fraction of sp³-hybridized carbons (Fsp3) is 0.381. The maximum absolute atomic E-state index is 12.2. The van der Waals surface area contributed by atoms with Crippen LogP contribution in [0.1, 0.15) is 15.9 Å². The summed E-state index contributed by atoms with van der Waals surface area (Å²) in [7, 11) is 1.38. The topological polar surface area (TPSA) is 175 Å². The molecule has 0 bridgehead atoms. The number of aliphatic hydroxyl groups is 4. The van der Waals surface area contributed by atoms with E-state index in [9.17, 15) is 35.4 Å². The van der Waals surface area contributed by atoms with Crippen molar-refractivity contribution in [3.05, 3.63) is 47.5 Å². The highest BCUT2D eigenvalue weighted by molar-refractivity contribution is 5.90. The number of rotatable bonds is 7. The molecule has 2 aromatic rings. The maximum atomic E-state index is 12.2. The highest BCUT2D eigenvalue weighted by Gasteiger charge is 2.44. The van der Waals surface area contributed by atoms with Crippen molar-refractivity contribution in [3.8, 4) is 23.0 Å². The second-order valence-corrected chi connectivity index (χ2v) is 7.08. The number of hydrogen-bond donors (Lipinski definition) is 6. The average Bonchev–Trinajstić information content (AvgIpc) is 2.79. The minimum absolute atomic E-state index is 0.107. The van der Waals surface area contributed by atoms with E-state index in [0.717, 1.165) is 0 Å². The third-order valence-electron chi connectivity index (χ3n) is 4.90. The molecule has 0 saturated carbocycles.